The van der Waals surface area contributed by atoms with Crippen molar-refractivity contribution >= 4 is 28.6 Å². The predicted molar refractivity (Wildman–Crippen MR) is 99.0 cm³/mol. The van der Waals surface area contributed by atoms with Crippen LogP contribution < -0.4 is 10.1 Å². The highest BCUT2D eigenvalue weighted by Gasteiger charge is 2.20. The Labute approximate surface area is 149 Å². The number of aromatic nitrogens is 1. The lowest BCUT2D eigenvalue weighted by molar-refractivity contribution is 0.0943. The van der Waals surface area contributed by atoms with Gasteiger partial charge in [-0.1, -0.05) is 24.3 Å². The third kappa shape index (κ3) is 3.34. The number of para-hydroxylation sites is 1. The first kappa shape index (κ1) is 16.7. The summed E-state index contributed by atoms with van der Waals surface area (Å²) in [6, 6.07) is 11.6. The Morgan fingerprint density at radius 2 is 2.04 bits per heavy atom. The second-order valence-corrected chi connectivity index (χ2v) is 7.29. The molecular weight excluding hydrogens is 340 g/mol. The van der Waals surface area contributed by atoms with Gasteiger partial charge >= 0.3 is 0 Å². The summed E-state index contributed by atoms with van der Waals surface area (Å²) in [5.74, 6) is 0.664. The maximum Gasteiger partial charge on any atom is 0.263 e. The van der Waals surface area contributed by atoms with Gasteiger partial charge in [0.2, 0.25) is 0 Å². The Hall–Kier alpha value is -2.18. The van der Waals surface area contributed by atoms with Gasteiger partial charge in [-0.3, -0.25) is 4.79 Å². The molecule has 0 saturated heterocycles. The van der Waals surface area contributed by atoms with Crippen molar-refractivity contribution in [3.63, 3.8) is 0 Å². The number of hydrogen-bond donors (Lipinski definition) is 1. The fourth-order valence-corrected chi connectivity index (χ4v) is 4.24. The van der Waals surface area contributed by atoms with E-state index in [2.05, 4.69) is 10.3 Å². The van der Waals surface area contributed by atoms with Crippen LogP contribution in [0.5, 0.6) is 5.75 Å². The standard InChI is InChI=1S/C18H18N2O2S2/c1-11(13-7-4-5-8-14(13)22-3)19-17(21)16-12(2)20-18(24-16)15-9-6-10-23-15/h4-11H,1-3H3,(H,19,21)/t11-/m1/s1. The summed E-state index contributed by atoms with van der Waals surface area (Å²) in [4.78, 5) is 18.9. The van der Waals surface area contributed by atoms with Crippen molar-refractivity contribution in [2.75, 3.05) is 7.11 Å². The normalized spacial score (nSPS) is 12.0. The van der Waals surface area contributed by atoms with Gasteiger partial charge in [0, 0.05) is 5.56 Å². The molecule has 3 rings (SSSR count). The molecule has 1 amide bonds. The highest BCUT2D eigenvalue weighted by atomic mass is 32.1. The molecule has 2 heterocycles. The van der Waals surface area contributed by atoms with Crippen LogP contribution in [-0.2, 0) is 0 Å². The van der Waals surface area contributed by atoms with E-state index in [0.29, 0.717) is 4.88 Å². The number of rotatable bonds is 5. The zero-order chi connectivity index (χ0) is 17.1. The third-order valence-corrected chi connectivity index (χ3v) is 5.88. The minimum atomic E-state index is -0.152. The number of nitrogens with zero attached hydrogens (tertiary/aromatic N) is 1. The minimum Gasteiger partial charge on any atom is -0.496 e. The molecule has 3 aromatic rings. The summed E-state index contributed by atoms with van der Waals surface area (Å²) in [5.41, 5.74) is 1.71. The van der Waals surface area contributed by atoms with Gasteiger partial charge in [0.1, 0.15) is 15.6 Å². The van der Waals surface area contributed by atoms with Gasteiger partial charge in [0.25, 0.3) is 5.91 Å². The fourth-order valence-electron chi connectivity index (χ4n) is 2.48. The molecule has 0 spiro atoms. The fraction of sp³-hybridized carbons (Fsp3) is 0.222. The summed E-state index contributed by atoms with van der Waals surface area (Å²) >= 11 is 3.05. The van der Waals surface area contributed by atoms with Crippen molar-refractivity contribution in [3.8, 4) is 15.6 Å². The highest BCUT2D eigenvalue weighted by molar-refractivity contribution is 7.22. The van der Waals surface area contributed by atoms with Crippen molar-refractivity contribution in [2.45, 2.75) is 19.9 Å². The molecule has 1 aromatic carbocycles. The summed E-state index contributed by atoms with van der Waals surface area (Å²) in [6.45, 7) is 3.82. The highest BCUT2D eigenvalue weighted by Crippen LogP contribution is 2.31. The minimum absolute atomic E-state index is 0.105. The van der Waals surface area contributed by atoms with Gasteiger partial charge in [-0.05, 0) is 31.4 Å². The molecule has 0 aliphatic rings. The van der Waals surface area contributed by atoms with Crippen molar-refractivity contribution in [1.29, 1.82) is 0 Å². The first-order valence-corrected chi connectivity index (χ1v) is 9.25. The maximum absolute atomic E-state index is 12.7. The second kappa shape index (κ2) is 7.15. The molecule has 0 aliphatic carbocycles. The average molecular weight is 358 g/mol. The Bertz CT molecular complexity index is 841. The van der Waals surface area contributed by atoms with Crippen molar-refractivity contribution < 1.29 is 9.53 Å². The molecule has 0 radical (unpaired) electrons. The number of methoxy groups -OCH3 is 1. The van der Waals surface area contributed by atoms with Crippen LogP contribution in [0, 0.1) is 6.92 Å². The lowest BCUT2D eigenvalue weighted by Gasteiger charge is -2.16. The summed E-state index contributed by atoms with van der Waals surface area (Å²) < 4.78 is 5.37. The van der Waals surface area contributed by atoms with E-state index < -0.39 is 0 Å². The molecule has 0 aliphatic heterocycles. The number of carbonyl (C=O) groups is 1. The van der Waals surface area contributed by atoms with Crippen molar-refractivity contribution in [1.82, 2.24) is 10.3 Å². The van der Waals surface area contributed by atoms with E-state index in [1.54, 1.807) is 18.4 Å². The van der Waals surface area contributed by atoms with Crippen LogP contribution in [0.1, 0.15) is 33.9 Å². The lowest BCUT2D eigenvalue weighted by Crippen LogP contribution is -2.26. The van der Waals surface area contributed by atoms with Crippen LogP contribution in [0.25, 0.3) is 9.88 Å². The zero-order valence-electron chi connectivity index (χ0n) is 13.7. The Kier molecular flexibility index (Phi) is 4.97. The molecule has 24 heavy (non-hydrogen) atoms. The first-order valence-electron chi connectivity index (χ1n) is 7.55. The van der Waals surface area contributed by atoms with Crippen molar-refractivity contribution in [2.24, 2.45) is 0 Å². The van der Waals surface area contributed by atoms with Crippen LogP contribution in [-0.4, -0.2) is 18.0 Å². The van der Waals surface area contributed by atoms with Gasteiger partial charge in [-0.2, -0.15) is 0 Å². The molecule has 0 unspecified atom stereocenters. The monoisotopic (exact) mass is 358 g/mol. The SMILES string of the molecule is COc1ccccc1[C@@H](C)NC(=O)c1sc(-c2cccs2)nc1C. The Balaban J connectivity index is 1.80. The number of amides is 1. The topological polar surface area (TPSA) is 51.2 Å². The smallest absolute Gasteiger partial charge is 0.263 e. The first-order chi connectivity index (χ1) is 11.6. The maximum atomic E-state index is 12.7. The molecule has 1 atom stereocenters. The third-order valence-electron chi connectivity index (χ3n) is 3.69. The van der Waals surface area contributed by atoms with E-state index >= 15 is 0 Å². The number of carbonyl (C=O) groups excluding carboxylic acids is 1. The second-order valence-electron chi connectivity index (χ2n) is 5.35. The van der Waals surface area contributed by atoms with Gasteiger partial charge in [-0.25, -0.2) is 4.98 Å². The summed E-state index contributed by atoms with van der Waals surface area (Å²) in [5, 5.41) is 5.94. The summed E-state index contributed by atoms with van der Waals surface area (Å²) in [6.07, 6.45) is 0. The summed E-state index contributed by atoms with van der Waals surface area (Å²) in [7, 11) is 1.63. The van der Waals surface area contributed by atoms with E-state index in [1.165, 1.54) is 11.3 Å². The van der Waals surface area contributed by atoms with Crippen LogP contribution in [0.3, 0.4) is 0 Å². The number of ether oxygens (including phenoxy) is 1. The molecular formula is C18H18N2O2S2. The number of nitrogens with one attached hydrogen (secondary N) is 1. The van der Waals surface area contributed by atoms with E-state index in [0.717, 1.165) is 26.9 Å². The van der Waals surface area contributed by atoms with Gasteiger partial charge < -0.3 is 10.1 Å². The van der Waals surface area contributed by atoms with Crippen LogP contribution in [0.15, 0.2) is 41.8 Å². The molecule has 124 valence electrons. The number of thiophene rings is 1. The average Bonchev–Trinajstić information content (AvgIpc) is 3.24. The van der Waals surface area contributed by atoms with Crippen molar-refractivity contribution in [3.05, 3.63) is 57.9 Å². The quantitative estimate of drug-likeness (QED) is 0.720. The van der Waals surface area contributed by atoms with E-state index in [1.807, 2.05) is 55.6 Å². The molecule has 2 aromatic heterocycles. The molecule has 0 fully saturated rings. The number of thiazole rings is 1. The van der Waals surface area contributed by atoms with Gasteiger partial charge in [-0.15, -0.1) is 22.7 Å². The number of hydrogen-bond acceptors (Lipinski definition) is 5. The van der Waals surface area contributed by atoms with E-state index in [-0.39, 0.29) is 11.9 Å². The molecule has 1 N–H and O–H groups in total. The Morgan fingerprint density at radius 3 is 2.75 bits per heavy atom. The Morgan fingerprint density at radius 1 is 1.25 bits per heavy atom. The van der Waals surface area contributed by atoms with Gasteiger partial charge in [0.05, 0.1) is 23.7 Å². The molecule has 4 nitrogen and oxygen atoms in total. The molecule has 0 saturated carbocycles. The van der Waals surface area contributed by atoms with Crippen LogP contribution >= 0.6 is 22.7 Å². The van der Waals surface area contributed by atoms with E-state index in [4.69, 9.17) is 4.74 Å². The number of benzene rings is 1. The predicted octanol–water partition coefficient (Wildman–Crippen LogP) is 4.68. The number of aryl methyl sites for hydroxylation is 1. The molecule has 6 heteroatoms. The molecule has 0 bridgehead atoms. The van der Waals surface area contributed by atoms with E-state index in [9.17, 15) is 4.79 Å². The van der Waals surface area contributed by atoms with Crippen LogP contribution in [0.4, 0.5) is 0 Å². The largest absolute Gasteiger partial charge is 0.496 e. The lowest BCUT2D eigenvalue weighted by atomic mass is 10.1. The van der Waals surface area contributed by atoms with Crippen LogP contribution in [0.2, 0.25) is 0 Å². The van der Waals surface area contributed by atoms with Gasteiger partial charge in [0.15, 0.2) is 0 Å². The zero-order valence-corrected chi connectivity index (χ0v) is 15.3.